The fraction of sp³-hybridized carbons (Fsp3) is 1.00. The maximum atomic E-state index is 3.44. The van der Waals surface area contributed by atoms with E-state index < -0.39 is 0 Å². The SMILES string of the molecule is CNCCCC1CCCNC1. The standard InChI is InChI=1S/C9H20N2/c1-10-6-2-4-9-5-3-7-11-8-9/h9-11H,2-8H2,1H3. The molecule has 0 aromatic rings. The molecule has 1 fully saturated rings. The summed E-state index contributed by atoms with van der Waals surface area (Å²) in [5, 5.41) is 6.63. The van der Waals surface area contributed by atoms with Gasteiger partial charge in [0.2, 0.25) is 0 Å². The van der Waals surface area contributed by atoms with Gasteiger partial charge in [-0.2, -0.15) is 0 Å². The molecule has 2 N–H and O–H groups in total. The van der Waals surface area contributed by atoms with E-state index in [0.29, 0.717) is 0 Å². The van der Waals surface area contributed by atoms with Crippen LogP contribution in [0, 0.1) is 5.92 Å². The second-order valence-electron chi connectivity index (χ2n) is 3.46. The van der Waals surface area contributed by atoms with Crippen LogP contribution in [0.3, 0.4) is 0 Å². The first kappa shape index (κ1) is 9.01. The highest BCUT2D eigenvalue weighted by atomic mass is 14.9. The lowest BCUT2D eigenvalue weighted by Gasteiger charge is -2.22. The molecule has 1 unspecified atom stereocenters. The maximum Gasteiger partial charge on any atom is -0.00205 e. The first-order valence-corrected chi connectivity index (χ1v) is 4.79. The number of hydrogen-bond acceptors (Lipinski definition) is 2. The zero-order valence-electron chi connectivity index (χ0n) is 7.53. The predicted molar refractivity (Wildman–Crippen MR) is 48.8 cm³/mol. The van der Waals surface area contributed by atoms with Crippen molar-refractivity contribution in [3.63, 3.8) is 0 Å². The molecule has 0 aromatic carbocycles. The molecule has 0 bridgehead atoms. The van der Waals surface area contributed by atoms with Gasteiger partial charge in [0.05, 0.1) is 0 Å². The molecule has 0 saturated carbocycles. The number of nitrogens with one attached hydrogen (secondary N) is 2. The van der Waals surface area contributed by atoms with Crippen LogP contribution in [-0.2, 0) is 0 Å². The minimum atomic E-state index is 0.956. The van der Waals surface area contributed by atoms with E-state index in [9.17, 15) is 0 Å². The van der Waals surface area contributed by atoms with Crippen LogP contribution in [0.1, 0.15) is 25.7 Å². The Morgan fingerprint density at radius 2 is 2.45 bits per heavy atom. The molecule has 0 radical (unpaired) electrons. The lowest BCUT2D eigenvalue weighted by Crippen LogP contribution is -2.30. The molecule has 1 heterocycles. The Bertz CT molecular complexity index is 87.6. The monoisotopic (exact) mass is 156 g/mol. The Kier molecular flexibility index (Phi) is 4.55. The van der Waals surface area contributed by atoms with E-state index in [1.54, 1.807) is 0 Å². The average Bonchev–Trinajstić information content (AvgIpc) is 2.07. The zero-order chi connectivity index (χ0) is 7.94. The Labute approximate surface area is 69.8 Å². The van der Waals surface area contributed by atoms with E-state index in [1.165, 1.54) is 45.3 Å². The topological polar surface area (TPSA) is 24.1 Å². The van der Waals surface area contributed by atoms with Crippen LogP contribution in [0.2, 0.25) is 0 Å². The molecule has 66 valence electrons. The minimum Gasteiger partial charge on any atom is -0.320 e. The van der Waals surface area contributed by atoms with Crippen LogP contribution in [0.5, 0.6) is 0 Å². The third-order valence-corrected chi connectivity index (χ3v) is 2.44. The lowest BCUT2D eigenvalue weighted by atomic mass is 9.95. The summed E-state index contributed by atoms with van der Waals surface area (Å²) < 4.78 is 0. The van der Waals surface area contributed by atoms with Crippen molar-refractivity contribution in [1.29, 1.82) is 0 Å². The lowest BCUT2D eigenvalue weighted by molar-refractivity contribution is 0.350. The summed E-state index contributed by atoms with van der Waals surface area (Å²) in [6.45, 7) is 3.67. The second-order valence-corrected chi connectivity index (χ2v) is 3.46. The van der Waals surface area contributed by atoms with Gasteiger partial charge in [-0.3, -0.25) is 0 Å². The van der Waals surface area contributed by atoms with Crippen molar-refractivity contribution >= 4 is 0 Å². The average molecular weight is 156 g/mol. The minimum absolute atomic E-state index is 0.956. The van der Waals surface area contributed by atoms with Gasteiger partial charge in [0.25, 0.3) is 0 Å². The smallest absolute Gasteiger partial charge is 0.00205 e. The van der Waals surface area contributed by atoms with E-state index in [-0.39, 0.29) is 0 Å². The molecule has 0 spiro atoms. The van der Waals surface area contributed by atoms with E-state index in [0.717, 1.165) is 5.92 Å². The van der Waals surface area contributed by atoms with Crippen molar-refractivity contribution in [1.82, 2.24) is 10.6 Å². The van der Waals surface area contributed by atoms with E-state index in [2.05, 4.69) is 10.6 Å². The van der Waals surface area contributed by atoms with Gasteiger partial charge in [-0.05, 0) is 58.3 Å². The third-order valence-electron chi connectivity index (χ3n) is 2.44. The van der Waals surface area contributed by atoms with Crippen molar-refractivity contribution in [3.8, 4) is 0 Å². The van der Waals surface area contributed by atoms with Crippen LogP contribution in [0.4, 0.5) is 0 Å². The second kappa shape index (κ2) is 5.56. The van der Waals surface area contributed by atoms with Crippen molar-refractivity contribution < 1.29 is 0 Å². The Morgan fingerprint density at radius 3 is 3.09 bits per heavy atom. The molecular formula is C9H20N2. The summed E-state index contributed by atoms with van der Waals surface area (Å²) in [5.41, 5.74) is 0. The molecule has 1 saturated heterocycles. The summed E-state index contributed by atoms with van der Waals surface area (Å²) in [5.74, 6) is 0.956. The van der Waals surface area contributed by atoms with E-state index >= 15 is 0 Å². The largest absolute Gasteiger partial charge is 0.320 e. The molecule has 1 aliphatic heterocycles. The van der Waals surface area contributed by atoms with Crippen LogP contribution in [0.25, 0.3) is 0 Å². The van der Waals surface area contributed by atoms with Gasteiger partial charge in [0.15, 0.2) is 0 Å². The van der Waals surface area contributed by atoms with Gasteiger partial charge in [-0.1, -0.05) is 0 Å². The van der Waals surface area contributed by atoms with E-state index in [4.69, 9.17) is 0 Å². The third kappa shape index (κ3) is 3.73. The number of piperidine rings is 1. The predicted octanol–water partition coefficient (Wildman–Crippen LogP) is 0.986. The zero-order valence-corrected chi connectivity index (χ0v) is 7.53. The highest BCUT2D eigenvalue weighted by Gasteiger charge is 2.11. The summed E-state index contributed by atoms with van der Waals surface area (Å²) >= 11 is 0. The first-order valence-electron chi connectivity index (χ1n) is 4.79. The highest BCUT2D eigenvalue weighted by Crippen LogP contribution is 2.14. The summed E-state index contributed by atoms with van der Waals surface area (Å²) in [4.78, 5) is 0. The van der Waals surface area contributed by atoms with Gasteiger partial charge in [0, 0.05) is 0 Å². The van der Waals surface area contributed by atoms with Crippen molar-refractivity contribution in [3.05, 3.63) is 0 Å². The summed E-state index contributed by atoms with van der Waals surface area (Å²) in [6.07, 6.45) is 5.55. The quantitative estimate of drug-likeness (QED) is 0.593. The number of rotatable bonds is 4. The molecule has 1 rings (SSSR count). The molecule has 0 aromatic heterocycles. The Balaban J connectivity index is 1.96. The van der Waals surface area contributed by atoms with Crippen LogP contribution >= 0.6 is 0 Å². The normalized spacial score (nSPS) is 25.4. The molecule has 0 amide bonds. The van der Waals surface area contributed by atoms with Crippen molar-refractivity contribution in [2.45, 2.75) is 25.7 Å². The van der Waals surface area contributed by atoms with Crippen molar-refractivity contribution in [2.75, 3.05) is 26.7 Å². The fourth-order valence-corrected chi connectivity index (χ4v) is 1.74. The Hall–Kier alpha value is -0.0800. The fourth-order valence-electron chi connectivity index (χ4n) is 1.74. The first-order chi connectivity index (χ1) is 5.43. The molecule has 2 nitrogen and oxygen atoms in total. The van der Waals surface area contributed by atoms with Gasteiger partial charge < -0.3 is 10.6 Å². The maximum absolute atomic E-state index is 3.44. The number of hydrogen-bond donors (Lipinski definition) is 2. The van der Waals surface area contributed by atoms with Crippen LogP contribution in [0.15, 0.2) is 0 Å². The Morgan fingerprint density at radius 1 is 1.55 bits per heavy atom. The molecule has 1 atom stereocenters. The van der Waals surface area contributed by atoms with Gasteiger partial charge >= 0.3 is 0 Å². The molecular weight excluding hydrogens is 136 g/mol. The molecule has 1 aliphatic rings. The molecule has 0 aliphatic carbocycles. The molecule has 2 heteroatoms. The van der Waals surface area contributed by atoms with Gasteiger partial charge in [0.1, 0.15) is 0 Å². The highest BCUT2D eigenvalue weighted by molar-refractivity contribution is 4.68. The molecule has 11 heavy (non-hydrogen) atoms. The summed E-state index contributed by atoms with van der Waals surface area (Å²) in [7, 11) is 2.03. The van der Waals surface area contributed by atoms with Gasteiger partial charge in [-0.15, -0.1) is 0 Å². The van der Waals surface area contributed by atoms with Crippen LogP contribution < -0.4 is 10.6 Å². The van der Waals surface area contributed by atoms with Gasteiger partial charge in [-0.25, -0.2) is 0 Å². The van der Waals surface area contributed by atoms with Crippen LogP contribution in [-0.4, -0.2) is 26.7 Å². The summed E-state index contributed by atoms with van der Waals surface area (Å²) in [6, 6.07) is 0. The van der Waals surface area contributed by atoms with Crippen molar-refractivity contribution in [2.24, 2.45) is 5.92 Å². The van der Waals surface area contributed by atoms with E-state index in [1.807, 2.05) is 7.05 Å².